The van der Waals surface area contributed by atoms with E-state index in [-0.39, 0.29) is 18.7 Å². The van der Waals surface area contributed by atoms with Crippen molar-refractivity contribution in [1.29, 1.82) is 0 Å². The van der Waals surface area contributed by atoms with E-state index < -0.39 is 0 Å². The van der Waals surface area contributed by atoms with Crippen LogP contribution in [0.2, 0.25) is 10.0 Å². The van der Waals surface area contributed by atoms with Gasteiger partial charge in [0, 0.05) is 12.1 Å². The third-order valence-corrected chi connectivity index (χ3v) is 3.91. The average Bonchev–Trinajstić information content (AvgIpc) is 2.34. The van der Waals surface area contributed by atoms with Crippen molar-refractivity contribution in [2.45, 2.75) is 39.3 Å². The Morgan fingerprint density at radius 2 is 1.89 bits per heavy atom. The van der Waals surface area contributed by atoms with Crippen LogP contribution in [0.4, 0.5) is 0 Å². The van der Waals surface area contributed by atoms with E-state index in [1.165, 1.54) is 0 Å². The van der Waals surface area contributed by atoms with Crippen molar-refractivity contribution in [2.75, 3.05) is 6.61 Å². The van der Waals surface area contributed by atoms with Crippen LogP contribution in [0.15, 0.2) is 18.2 Å². The molecule has 0 fully saturated rings. The summed E-state index contributed by atoms with van der Waals surface area (Å²) in [4.78, 5) is 0. The third kappa shape index (κ3) is 4.13. The fraction of sp³-hybridized carbons (Fsp3) is 0.571. The van der Waals surface area contributed by atoms with Gasteiger partial charge in [-0.2, -0.15) is 0 Å². The Morgan fingerprint density at radius 1 is 1.22 bits per heavy atom. The van der Waals surface area contributed by atoms with Gasteiger partial charge in [-0.15, -0.1) is 0 Å². The van der Waals surface area contributed by atoms with E-state index in [0.717, 1.165) is 12.0 Å². The molecule has 1 aromatic carbocycles. The molecule has 0 aliphatic carbocycles. The van der Waals surface area contributed by atoms with Crippen molar-refractivity contribution in [2.24, 2.45) is 5.92 Å². The van der Waals surface area contributed by atoms with Gasteiger partial charge >= 0.3 is 0 Å². The molecule has 4 heteroatoms. The normalized spacial score (nSPS) is 14.8. The molecule has 2 N–H and O–H groups in total. The molecule has 1 aromatic rings. The molecule has 0 spiro atoms. The molecule has 0 radical (unpaired) electrons. The van der Waals surface area contributed by atoms with E-state index in [1.807, 2.05) is 18.2 Å². The van der Waals surface area contributed by atoms with Gasteiger partial charge in [0.15, 0.2) is 0 Å². The largest absolute Gasteiger partial charge is 0.395 e. The minimum Gasteiger partial charge on any atom is -0.395 e. The summed E-state index contributed by atoms with van der Waals surface area (Å²) < 4.78 is 0. The lowest BCUT2D eigenvalue weighted by atomic mass is 9.99. The van der Waals surface area contributed by atoms with Gasteiger partial charge in [-0.25, -0.2) is 0 Å². The van der Waals surface area contributed by atoms with Crippen molar-refractivity contribution in [3.63, 3.8) is 0 Å². The standard InChI is InChI=1S/C14H21Cl2NO/c1-4-13(17-14(8-18)9(2)3)10-5-6-11(15)12(16)7-10/h5-7,9,13-14,17-18H,4,8H2,1-3H3. The maximum absolute atomic E-state index is 9.38. The smallest absolute Gasteiger partial charge is 0.0595 e. The molecule has 0 aromatic heterocycles. The summed E-state index contributed by atoms with van der Waals surface area (Å²) >= 11 is 12.0. The summed E-state index contributed by atoms with van der Waals surface area (Å²) in [5.41, 5.74) is 1.10. The second-order valence-corrected chi connectivity index (χ2v) is 5.65. The molecular weight excluding hydrogens is 269 g/mol. The van der Waals surface area contributed by atoms with Crippen LogP contribution in [0, 0.1) is 5.92 Å². The molecule has 102 valence electrons. The van der Waals surface area contributed by atoms with Crippen molar-refractivity contribution in [3.05, 3.63) is 33.8 Å². The fourth-order valence-corrected chi connectivity index (χ4v) is 2.20. The summed E-state index contributed by atoms with van der Waals surface area (Å²) in [7, 11) is 0. The van der Waals surface area contributed by atoms with Gasteiger partial charge in [0.1, 0.15) is 0 Å². The molecule has 2 unspecified atom stereocenters. The van der Waals surface area contributed by atoms with E-state index in [1.54, 1.807) is 0 Å². The highest BCUT2D eigenvalue weighted by molar-refractivity contribution is 6.42. The summed E-state index contributed by atoms with van der Waals surface area (Å²) in [5.74, 6) is 0.381. The number of nitrogens with one attached hydrogen (secondary N) is 1. The van der Waals surface area contributed by atoms with Crippen LogP contribution in [-0.4, -0.2) is 17.8 Å². The van der Waals surface area contributed by atoms with E-state index in [4.69, 9.17) is 23.2 Å². The Morgan fingerprint density at radius 3 is 2.33 bits per heavy atom. The number of halogens is 2. The molecule has 0 saturated carbocycles. The second kappa shape index (κ2) is 7.34. The third-order valence-electron chi connectivity index (χ3n) is 3.17. The molecule has 0 bridgehead atoms. The Kier molecular flexibility index (Phi) is 6.44. The van der Waals surface area contributed by atoms with Gasteiger partial charge in [0.2, 0.25) is 0 Å². The first-order valence-corrected chi connectivity index (χ1v) is 7.07. The molecule has 0 heterocycles. The highest BCUT2D eigenvalue weighted by Crippen LogP contribution is 2.27. The average molecular weight is 290 g/mol. The van der Waals surface area contributed by atoms with Crippen LogP contribution < -0.4 is 5.32 Å². The van der Waals surface area contributed by atoms with E-state index in [2.05, 4.69) is 26.1 Å². The highest BCUT2D eigenvalue weighted by Gasteiger charge is 2.18. The first-order valence-electron chi connectivity index (χ1n) is 6.31. The monoisotopic (exact) mass is 289 g/mol. The predicted molar refractivity (Wildman–Crippen MR) is 78.3 cm³/mol. The lowest BCUT2D eigenvalue weighted by molar-refractivity contribution is 0.198. The molecule has 0 aliphatic heterocycles. The van der Waals surface area contributed by atoms with Crippen LogP contribution in [0.1, 0.15) is 38.8 Å². The van der Waals surface area contributed by atoms with Crippen LogP contribution in [0.3, 0.4) is 0 Å². The van der Waals surface area contributed by atoms with Gasteiger partial charge < -0.3 is 10.4 Å². The SMILES string of the molecule is CCC(NC(CO)C(C)C)c1ccc(Cl)c(Cl)c1. The Bertz CT molecular complexity index is 382. The number of hydrogen-bond acceptors (Lipinski definition) is 2. The van der Waals surface area contributed by atoms with E-state index in [9.17, 15) is 5.11 Å². The maximum Gasteiger partial charge on any atom is 0.0595 e. The van der Waals surface area contributed by atoms with Crippen molar-refractivity contribution < 1.29 is 5.11 Å². The number of benzene rings is 1. The van der Waals surface area contributed by atoms with Gasteiger partial charge in [-0.3, -0.25) is 0 Å². The lowest BCUT2D eigenvalue weighted by Crippen LogP contribution is -2.39. The summed E-state index contributed by atoms with van der Waals surface area (Å²) in [5, 5.41) is 14.0. The van der Waals surface area contributed by atoms with Gasteiger partial charge in [-0.1, -0.05) is 50.0 Å². The molecular formula is C14H21Cl2NO. The molecule has 0 aliphatic rings. The van der Waals surface area contributed by atoms with E-state index >= 15 is 0 Å². The number of hydrogen-bond donors (Lipinski definition) is 2. The minimum absolute atomic E-state index is 0.0874. The summed E-state index contributed by atoms with van der Waals surface area (Å²) in [6.07, 6.45) is 0.932. The number of aliphatic hydroxyl groups is 1. The Hall–Kier alpha value is -0.280. The first kappa shape index (κ1) is 15.8. The first-order chi connectivity index (χ1) is 8.49. The number of aliphatic hydroxyl groups excluding tert-OH is 1. The molecule has 0 amide bonds. The minimum atomic E-state index is 0.0874. The Balaban J connectivity index is 2.85. The molecule has 0 saturated heterocycles. The maximum atomic E-state index is 9.38. The molecule has 2 atom stereocenters. The van der Waals surface area contributed by atoms with Gasteiger partial charge in [0.25, 0.3) is 0 Å². The summed E-state index contributed by atoms with van der Waals surface area (Å²) in [6.45, 7) is 6.43. The van der Waals surface area contributed by atoms with Crippen molar-refractivity contribution in [1.82, 2.24) is 5.32 Å². The second-order valence-electron chi connectivity index (χ2n) is 4.83. The lowest BCUT2D eigenvalue weighted by Gasteiger charge is -2.27. The van der Waals surface area contributed by atoms with Gasteiger partial charge in [0.05, 0.1) is 16.7 Å². The molecule has 18 heavy (non-hydrogen) atoms. The zero-order valence-corrected chi connectivity index (χ0v) is 12.6. The highest BCUT2D eigenvalue weighted by atomic mass is 35.5. The van der Waals surface area contributed by atoms with Crippen LogP contribution >= 0.6 is 23.2 Å². The topological polar surface area (TPSA) is 32.3 Å². The van der Waals surface area contributed by atoms with E-state index in [0.29, 0.717) is 16.0 Å². The quantitative estimate of drug-likeness (QED) is 0.828. The number of rotatable bonds is 6. The zero-order valence-electron chi connectivity index (χ0n) is 11.1. The van der Waals surface area contributed by atoms with Crippen LogP contribution in [0.25, 0.3) is 0 Å². The summed E-state index contributed by atoms with van der Waals surface area (Å²) in [6, 6.07) is 5.94. The Labute approximate surface area is 119 Å². The van der Waals surface area contributed by atoms with Gasteiger partial charge in [-0.05, 0) is 30.0 Å². The predicted octanol–water partition coefficient (Wildman–Crippen LogP) is 4.05. The molecule has 2 nitrogen and oxygen atoms in total. The van der Waals surface area contributed by atoms with Crippen molar-refractivity contribution >= 4 is 23.2 Å². The van der Waals surface area contributed by atoms with Crippen molar-refractivity contribution in [3.8, 4) is 0 Å². The van der Waals surface area contributed by atoms with Crippen LogP contribution in [0.5, 0.6) is 0 Å². The zero-order chi connectivity index (χ0) is 13.7. The fourth-order valence-electron chi connectivity index (χ4n) is 1.89. The van der Waals surface area contributed by atoms with Crippen LogP contribution in [-0.2, 0) is 0 Å². The molecule has 1 rings (SSSR count).